The minimum atomic E-state index is 0.363. The predicted octanol–water partition coefficient (Wildman–Crippen LogP) is 4.18. The first-order valence-corrected chi connectivity index (χ1v) is 6.89. The van der Waals surface area contributed by atoms with Crippen LogP contribution < -0.4 is 0 Å². The molecule has 0 aliphatic heterocycles. The molecule has 0 radical (unpaired) electrons. The van der Waals surface area contributed by atoms with Gasteiger partial charge in [-0.15, -0.1) is 0 Å². The van der Waals surface area contributed by atoms with Crippen molar-refractivity contribution in [2.75, 3.05) is 0 Å². The number of carbonyl (C=O) groups excluding carboxylic acids is 1. The summed E-state index contributed by atoms with van der Waals surface area (Å²) in [6.07, 6.45) is 6.54. The second-order valence-electron chi connectivity index (χ2n) is 5.12. The number of benzene rings is 1. The molecule has 0 atom stereocenters. The van der Waals surface area contributed by atoms with Gasteiger partial charge in [-0.2, -0.15) is 0 Å². The van der Waals surface area contributed by atoms with Crippen LogP contribution in [0.4, 0.5) is 0 Å². The third-order valence-electron chi connectivity index (χ3n) is 3.96. The molecule has 92 valence electrons. The van der Waals surface area contributed by atoms with E-state index in [0.717, 1.165) is 24.8 Å². The lowest BCUT2D eigenvalue weighted by molar-refractivity contribution is 0.0935. The van der Waals surface area contributed by atoms with Crippen LogP contribution in [0.5, 0.6) is 0 Å². The first-order valence-electron chi connectivity index (χ1n) is 6.89. The lowest BCUT2D eigenvalue weighted by Gasteiger charge is -2.24. The molecule has 1 aromatic carbocycles. The van der Waals surface area contributed by atoms with Gasteiger partial charge in [-0.25, -0.2) is 0 Å². The first-order chi connectivity index (χ1) is 8.24. The summed E-state index contributed by atoms with van der Waals surface area (Å²) in [5, 5.41) is 0. The summed E-state index contributed by atoms with van der Waals surface area (Å²) in [6, 6.07) is 6.39. The Morgan fingerprint density at radius 1 is 1.24 bits per heavy atom. The Labute approximate surface area is 104 Å². The molecule has 0 unspecified atom stereocenters. The second kappa shape index (κ2) is 5.48. The van der Waals surface area contributed by atoms with Crippen LogP contribution in [-0.4, -0.2) is 5.78 Å². The average Bonchev–Trinajstić information content (AvgIpc) is 2.32. The van der Waals surface area contributed by atoms with E-state index in [1.165, 1.54) is 30.4 Å². The lowest BCUT2D eigenvalue weighted by Crippen LogP contribution is -2.17. The Hall–Kier alpha value is -1.11. The average molecular weight is 230 g/mol. The van der Waals surface area contributed by atoms with Crippen LogP contribution in [0.25, 0.3) is 0 Å². The maximum absolute atomic E-state index is 12.3. The monoisotopic (exact) mass is 230 g/mol. The van der Waals surface area contributed by atoms with E-state index in [1.807, 2.05) is 0 Å². The molecule has 0 spiro atoms. The van der Waals surface area contributed by atoms with Gasteiger partial charge >= 0.3 is 0 Å². The van der Waals surface area contributed by atoms with Crippen LogP contribution in [0, 0.1) is 5.92 Å². The summed E-state index contributed by atoms with van der Waals surface area (Å²) >= 11 is 0. The number of hydrogen-bond donors (Lipinski definition) is 0. The molecule has 1 aliphatic carbocycles. The molecule has 0 heterocycles. The van der Waals surface area contributed by atoms with Crippen LogP contribution in [0.2, 0.25) is 0 Å². The van der Waals surface area contributed by atoms with E-state index in [4.69, 9.17) is 0 Å². The number of aryl methyl sites for hydroxylation is 2. The van der Waals surface area contributed by atoms with E-state index in [0.29, 0.717) is 11.7 Å². The van der Waals surface area contributed by atoms with Gasteiger partial charge < -0.3 is 0 Å². The van der Waals surface area contributed by atoms with Crippen molar-refractivity contribution in [2.24, 2.45) is 5.92 Å². The standard InChI is InChI=1S/C16H22O/c1-3-12-8-9-14(4-2)15(10-12)16(17)11-13-6-5-7-13/h8-10,13H,3-7,11H2,1-2H3. The summed E-state index contributed by atoms with van der Waals surface area (Å²) in [7, 11) is 0. The highest BCUT2D eigenvalue weighted by molar-refractivity contribution is 5.97. The lowest BCUT2D eigenvalue weighted by atomic mass is 9.80. The highest BCUT2D eigenvalue weighted by atomic mass is 16.1. The number of hydrogen-bond acceptors (Lipinski definition) is 1. The molecule has 0 bridgehead atoms. The summed E-state index contributed by atoms with van der Waals surface area (Å²) < 4.78 is 0. The van der Waals surface area contributed by atoms with Crippen molar-refractivity contribution in [1.29, 1.82) is 0 Å². The van der Waals surface area contributed by atoms with E-state index in [9.17, 15) is 4.79 Å². The Balaban J connectivity index is 2.18. The zero-order valence-electron chi connectivity index (χ0n) is 11.0. The van der Waals surface area contributed by atoms with Crippen molar-refractivity contribution in [1.82, 2.24) is 0 Å². The molecule has 0 saturated heterocycles. The maximum atomic E-state index is 12.3. The van der Waals surface area contributed by atoms with Gasteiger partial charge in [-0.3, -0.25) is 4.79 Å². The molecule has 17 heavy (non-hydrogen) atoms. The fourth-order valence-corrected chi connectivity index (χ4v) is 2.48. The van der Waals surface area contributed by atoms with Gasteiger partial charge in [0.15, 0.2) is 5.78 Å². The Bertz CT molecular complexity index is 402. The van der Waals surface area contributed by atoms with Crippen LogP contribution >= 0.6 is 0 Å². The van der Waals surface area contributed by atoms with E-state index in [1.54, 1.807) is 0 Å². The van der Waals surface area contributed by atoms with Crippen molar-refractivity contribution >= 4 is 5.78 Å². The number of Topliss-reactive ketones (excluding diaryl/α,β-unsaturated/α-hetero) is 1. The molecule has 1 saturated carbocycles. The van der Waals surface area contributed by atoms with Crippen molar-refractivity contribution in [3.05, 3.63) is 34.9 Å². The molecule has 0 aromatic heterocycles. The topological polar surface area (TPSA) is 17.1 Å². The van der Waals surface area contributed by atoms with E-state index < -0.39 is 0 Å². The zero-order valence-corrected chi connectivity index (χ0v) is 11.0. The van der Waals surface area contributed by atoms with E-state index in [-0.39, 0.29) is 0 Å². The molecule has 1 aliphatic rings. The normalized spacial score (nSPS) is 15.6. The molecule has 1 nitrogen and oxygen atoms in total. The van der Waals surface area contributed by atoms with Gasteiger partial charge in [0.1, 0.15) is 0 Å². The molecule has 1 heteroatoms. The molecule has 1 fully saturated rings. The largest absolute Gasteiger partial charge is 0.294 e. The highest BCUT2D eigenvalue weighted by Crippen LogP contribution is 2.31. The van der Waals surface area contributed by atoms with Gasteiger partial charge in [-0.1, -0.05) is 45.2 Å². The molecule has 1 aromatic rings. The van der Waals surface area contributed by atoms with Gasteiger partial charge in [-0.05, 0) is 36.0 Å². The van der Waals surface area contributed by atoms with Crippen LogP contribution in [-0.2, 0) is 12.8 Å². The van der Waals surface area contributed by atoms with Crippen LogP contribution in [0.1, 0.15) is 61.0 Å². The van der Waals surface area contributed by atoms with Crippen molar-refractivity contribution < 1.29 is 4.79 Å². The van der Waals surface area contributed by atoms with Crippen LogP contribution in [0.3, 0.4) is 0 Å². The number of ketones is 1. The fourth-order valence-electron chi connectivity index (χ4n) is 2.48. The summed E-state index contributed by atoms with van der Waals surface area (Å²) in [4.78, 5) is 12.3. The molecular formula is C16H22O. The quantitative estimate of drug-likeness (QED) is 0.693. The molecule has 0 amide bonds. The molecular weight excluding hydrogens is 208 g/mol. The maximum Gasteiger partial charge on any atom is 0.163 e. The molecule has 0 N–H and O–H groups in total. The number of rotatable bonds is 5. The van der Waals surface area contributed by atoms with Crippen molar-refractivity contribution in [3.63, 3.8) is 0 Å². The fraction of sp³-hybridized carbons (Fsp3) is 0.562. The van der Waals surface area contributed by atoms with Gasteiger partial charge in [0.25, 0.3) is 0 Å². The van der Waals surface area contributed by atoms with Gasteiger partial charge in [0.05, 0.1) is 0 Å². The number of carbonyl (C=O) groups is 1. The zero-order chi connectivity index (χ0) is 12.3. The van der Waals surface area contributed by atoms with E-state index in [2.05, 4.69) is 32.0 Å². The smallest absolute Gasteiger partial charge is 0.163 e. The summed E-state index contributed by atoms with van der Waals surface area (Å²) in [5.74, 6) is 1.03. The van der Waals surface area contributed by atoms with Gasteiger partial charge in [0, 0.05) is 12.0 Å². The van der Waals surface area contributed by atoms with E-state index >= 15 is 0 Å². The Morgan fingerprint density at radius 3 is 2.53 bits per heavy atom. The summed E-state index contributed by atoms with van der Waals surface area (Å²) in [5.41, 5.74) is 3.48. The highest BCUT2D eigenvalue weighted by Gasteiger charge is 2.22. The minimum Gasteiger partial charge on any atom is -0.294 e. The third kappa shape index (κ3) is 2.77. The minimum absolute atomic E-state index is 0.363. The van der Waals surface area contributed by atoms with Gasteiger partial charge in [0.2, 0.25) is 0 Å². The second-order valence-corrected chi connectivity index (χ2v) is 5.12. The van der Waals surface area contributed by atoms with Crippen molar-refractivity contribution in [2.45, 2.75) is 52.4 Å². The summed E-state index contributed by atoms with van der Waals surface area (Å²) in [6.45, 7) is 4.27. The SMILES string of the molecule is CCc1ccc(CC)c(C(=O)CC2CCC2)c1. The Morgan fingerprint density at radius 2 is 2.00 bits per heavy atom. The van der Waals surface area contributed by atoms with Crippen molar-refractivity contribution in [3.8, 4) is 0 Å². The molecule has 2 rings (SSSR count). The third-order valence-corrected chi connectivity index (χ3v) is 3.96. The first kappa shape index (κ1) is 12.3. The van der Waals surface area contributed by atoms with Crippen LogP contribution in [0.15, 0.2) is 18.2 Å². The predicted molar refractivity (Wildman–Crippen MR) is 71.5 cm³/mol. The Kier molecular flexibility index (Phi) is 3.98.